The van der Waals surface area contributed by atoms with Gasteiger partial charge in [-0.3, -0.25) is 0 Å². The molecule has 0 bridgehead atoms. The molecule has 1 aliphatic carbocycles. The molecule has 1 N–H and O–H groups in total. The first-order chi connectivity index (χ1) is 8.40. The number of ether oxygens (including phenoxy) is 1. The van der Waals surface area contributed by atoms with Crippen LogP contribution in [-0.2, 0) is 4.74 Å². The topological polar surface area (TPSA) is 21.3 Å². The van der Waals surface area contributed by atoms with Crippen molar-refractivity contribution in [3.63, 3.8) is 0 Å². The van der Waals surface area contributed by atoms with Crippen LogP contribution in [0.3, 0.4) is 0 Å². The van der Waals surface area contributed by atoms with Crippen LogP contribution >= 0.6 is 0 Å². The lowest BCUT2D eigenvalue weighted by atomic mass is 9.66. The molecule has 0 aromatic carbocycles. The Morgan fingerprint density at radius 2 is 1.72 bits per heavy atom. The maximum atomic E-state index is 6.03. The van der Waals surface area contributed by atoms with Crippen LogP contribution in [0.2, 0.25) is 0 Å². The summed E-state index contributed by atoms with van der Waals surface area (Å²) >= 11 is 0. The third kappa shape index (κ3) is 3.48. The molecule has 1 rings (SSSR count). The molecule has 2 unspecified atom stereocenters. The minimum atomic E-state index is 0.0544. The zero-order valence-electron chi connectivity index (χ0n) is 13.3. The van der Waals surface area contributed by atoms with Gasteiger partial charge >= 0.3 is 0 Å². The summed E-state index contributed by atoms with van der Waals surface area (Å²) in [4.78, 5) is 0. The number of likely N-dealkylation sites (N-methyl/N-ethyl adjacent to an activating group) is 1. The van der Waals surface area contributed by atoms with E-state index in [0.29, 0.717) is 17.4 Å². The van der Waals surface area contributed by atoms with Gasteiger partial charge in [0.25, 0.3) is 0 Å². The van der Waals surface area contributed by atoms with Crippen LogP contribution in [0.25, 0.3) is 0 Å². The number of hydrogen-bond acceptors (Lipinski definition) is 2. The van der Waals surface area contributed by atoms with Gasteiger partial charge in [-0.2, -0.15) is 0 Å². The molecule has 1 saturated carbocycles. The van der Waals surface area contributed by atoms with Gasteiger partial charge in [0, 0.05) is 13.2 Å². The second-order valence-electron chi connectivity index (χ2n) is 6.97. The summed E-state index contributed by atoms with van der Waals surface area (Å²) in [7, 11) is 4.00. The van der Waals surface area contributed by atoms with Crippen molar-refractivity contribution in [1.82, 2.24) is 5.32 Å². The highest BCUT2D eigenvalue weighted by atomic mass is 16.5. The summed E-state index contributed by atoms with van der Waals surface area (Å²) in [5, 5.41) is 3.55. The molecule has 2 nitrogen and oxygen atoms in total. The van der Waals surface area contributed by atoms with Crippen molar-refractivity contribution in [3.8, 4) is 0 Å². The van der Waals surface area contributed by atoms with E-state index in [9.17, 15) is 0 Å². The standard InChI is InChI=1S/C16H33NO/c1-7-8-13(2)14(17-5)16(18-6)11-9-15(3,4)10-12-16/h13-14,17H,7-12H2,1-6H3. The van der Waals surface area contributed by atoms with Crippen molar-refractivity contribution >= 4 is 0 Å². The Balaban J connectivity index is 2.79. The molecule has 0 aliphatic heterocycles. The van der Waals surface area contributed by atoms with E-state index in [4.69, 9.17) is 4.74 Å². The van der Waals surface area contributed by atoms with Crippen LogP contribution in [0, 0.1) is 11.3 Å². The Morgan fingerprint density at radius 3 is 2.11 bits per heavy atom. The summed E-state index contributed by atoms with van der Waals surface area (Å²) in [6.45, 7) is 9.41. The Labute approximate surface area is 114 Å². The van der Waals surface area contributed by atoms with Gasteiger partial charge in [-0.25, -0.2) is 0 Å². The van der Waals surface area contributed by atoms with Crippen molar-refractivity contribution in [1.29, 1.82) is 0 Å². The van der Waals surface area contributed by atoms with Crippen LogP contribution in [-0.4, -0.2) is 25.8 Å². The summed E-state index contributed by atoms with van der Waals surface area (Å²) in [5.74, 6) is 0.682. The van der Waals surface area contributed by atoms with Crippen LogP contribution in [0.15, 0.2) is 0 Å². The number of nitrogens with one attached hydrogen (secondary N) is 1. The fourth-order valence-electron chi connectivity index (χ4n) is 3.68. The Morgan fingerprint density at radius 1 is 1.17 bits per heavy atom. The summed E-state index contributed by atoms with van der Waals surface area (Å²) < 4.78 is 6.03. The predicted octanol–water partition coefficient (Wildman–Crippen LogP) is 4.00. The molecular formula is C16H33NO. The van der Waals surface area contributed by atoms with Crippen LogP contribution in [0.4, 0.5) is 0 Å². The maximum Gasteiger partial charge on any atom is 0.0833 e. The highest BCUT2D eigenvalue weighted by Gasteiger charge is 2.45. The molecule has 2 atom stereocenters. The van der Waals surface area contributed by atoms with Crippen LogP contribution in [0.1, 0.15) is 66.2 Å². The second kappa shape index (κ2) is 6.38. The van der Waals surface area contributed by atoms with E-state index in [1.54, 1.807) is 0 Å². The van der Waals surface area contributed by atoms with E-state index < -0.39 is 0 Å². The smallest absolute Gasteiger partial charge is 0.0833 e. The first-order valence-corrected chi connectivity index (χ1v) is 7.63. The zero-order valence-corrected chi connectivity index (χ0v) is 13.3. The van der Waals surface area contributed by atoms with Gasteiger partial charge in [0.1, 0.15) is 0 Å². The molecule has 0 amide bonds. The largest absolute Gasteiger partial charge is 0.377 e. The maximum absolute atomic E-state index is 6.03. The van der Waals surface area contributed by atoms with Crippen LogP contribution in [0.5, 0.6) is 0 Å². The van der Waals surface area contributed by atoms with Crippen molar-refractivity contribution in [2.24, 2.45) is 11.3 Å². The Kier molecular flexibility index (Phi) is 5.67. The fourth-order valence-corrected chi connectivity index (χ4v) is 3.68. The van der Waals surface area contributed by atoms with Gasteiger partial charge in [-0.05, 0) is 50.5 Å². The van der Waals surface area contributed by atoms with Crippen molar-refractivity contribution in [2.45, 2.75) is 77.9 Å². The molecule has 108 valence electrons. The molecule has 0 spiro atoms. The highest BCUT2D eigenvalue weighted by Crippen LogP contribution is 2.44. The molecule has 0 saturated heterocycles. The first-order valence-electron chi connectivity index (χ1n) is 7.63. The van der Waals surface area contributed by atoms with E-state index in [0.717, 1.165) is 0 Å². The highest BCUT2D eigenvalue weighted by molar-refractivity contribution is 5.00. The Hall–Kier alpha value is -0.0800. The molecule has 0 radical (unpaired) electrons. The van der Waals surface area contributed by atoms with Gasteiger partial charge in [0.15, 0.2) is 0 Å². The lowest BCUT2D eigenvalue weighted by Gasteiger charge is -2.48. The molecule has 2 heteroatoms. The van der Waals surface area contributed by atoms with Gasteiger partial charge in [-0.1, -0.05) is 34.1 Å². The summed E-state index contributed by atoms with van der Waals surface area (Å²) in [5.41, 5.74) is 0.549. The average molecular weight is 255 g/mol. The monoisotopic (exact) mass is 255 g/mol. The van der Waals surface area contributed by atoms with Gasteiger partial charge < -0.3 is 10.1 Å². The third-order valence-corrected chi connectivity index (χ3v) is 5.05. The normalized spacial score (nSPS) is 25.7. The van der Waals surface area contributed by atoms with Crippen LogP contribution < -0.4 is 5.32 Å². The van der Waals surface area contributed by atoms with E-state index in [2.05, 4.69) is 40.1 Å². The summed E-state index contributed by atoms with van der Waals surface area (Å²) in [6.07, 6.45) is 7.46. The minimum absolute atomic E-state index is 0.0544. The molecular weight excluding hydrogens is 222 g/mol. The van der Waals surface area contributed by atoms with E-state index in [-0.39, 0.29) is 5.60 Å². The van der Waals surface area contributed by atoms with Crippen molar-refractivity contribution in [3.05, 3.63) is 0 Å². The summed E-state index contributed by atoms with van der Waals surface area (Å²) in [6, 6.07) is 0.485. The van der Waals surface area contributed by atoms with E-state index in [1.807, 2.05) is 7.11 Å². The van der Waals surface area contributed by atoms with Crippen molar-refractivity contribution in [2.75, 3.05) is 14.2 Å². The van der Waals surface area contributed by atoms with Gasteiger partial charge in [0.05, 0.1) is 5.60 Å². The molecule has 0 aromatic heterocycles. The van der Waals surface area contributed by atoms with Gasteiger partial charge in [-0.15, -0.1) is 0 Å². The zero-order chi connectivity index (χ0) is 13.8. The lowest BCUT2D eigenvalue weighted by Crippen LogP contribution is -2.56. The first kappa shape index (κ1) is 16.0. The number of methoxy groups -OCH3 is 1. The molecule has 1 fully saturated rings. The Bertz CT molecular complexity index is 239. The number of rotatable bonds is 6. The quantitative estimate of drug-likeness (QED) is 0.774. The fraction of sp³-hybridized carbons (Fsp3) is 1.00. The van der Waals surface area contributed by atoms with E-state index >= 15 is 0 Å². The second-order valence-corrected chi connectivity index (χ2v) is 6.97. The minimum Gasteiger partial charge on any atom is -0.377 e. The van der Waals surface area contributed by atoms with Gasteiger partial charge in [0.2, 0.25) is 0 Å². The van der Waals surface area contributed by atoms with E-state index in [1.165, 1.54) is 38.5 Å². The average Bonchev–Trinajstić information content (AvgIpc) is 2.33. The molecule has 0 heterocycles. The predicted molar refractivity (Wildman–Crippen MR) is 78.9 cm³/mol. The molecule has 0 aromatic rings. The number of hydrogen-bond donors (Lipinski definition) is 1. The lowest BCUT2D eigenvalue weighted by molar-refractivity contribution is -0.0964. The third-order valence-electron chi connectivity index (χ3n) is 5.05. The molecule has 18 heavy (non-hydrogen) atoms. The SMILES string of the molecule is CCCC(C)C(NC)C1(OC)CCC(C)(C)CC1. The van der Waals surface area contributed by atoms with Crippen molar-refractivity contribution < 1.29 is 4.74 Å². The molecule has 1 aliphatic rings.